The smallest absolute Gasteiger partial charge is 0.149 e. The zero-order chi connectivity index (χ0) is 27.4. The Morgan fingerprint density at radius 3 is 2.22 bits per heavy atom. The van der Waals surface area contributed by atoms with Gasteiger partial charge in [-0.1, -0.05) is 106 Å². The molecule has 0 saturated carbocycles. The minimum Gasteiger partial charge on any atom is -0.299 e. The fraction of sp³-hybridized carbons (Fsp3) is 0.219. The highest BCUT2D eigenvalue weighted by atomic mass is 35.5. The van der Waals surface area contributed by atoms with Gasteiger partial charge in [0.25, 0.3) is 0 Å². The van der Waals surface area contributed by atoms with E-state index < -0.39 is 0 Å². The number of aromatic nitrogens is 1. The Morgan fingerprint density at radius 1 is 0.973 bits per heavy atom. The van der Waals surface area contributed by atoms with Crippen molar-refractivity contribution >= 4 is 51.7 Å². The lowest BCUT2D eigenvalue weighted by Gasteiger charge is -2.21. The molecule has 0 fully saturated rings. The van der Waals surface area contributed by atoms with E-state index in [-0.39, 0.29) is 10.8 Å². The summed E-state index contributed by atoms with van der Waals surface area (Å²) in [6.45, 7) is 10.2. The lowest BCUT2D eigenvalue weighted by molar-refractivity contribution is -0.104. The maximum atomic E-state index is 10.7. The zero-order valence-corrected chi connectivity index (χ0v) is 23.5. The van der Waals surface area contributed by atoms with Gasteiger partial charge in [0.15, 0.2) is 0 Å². The maximum absolute atomic E-state index is 10.7. The molecular weight excluding hydrogens is 499 g/mol. The summed E-state index contributed by atoms with van der Waals surface area (Å²) >= 11 is 13.2. The normalized spacial score (nSPS) is 12.2. The first-order chi connectivity index (χ1) is 17.9. The third kappa shape index (κ3) is 7.29. The van der Waals surface area contributed by atoms with Gasteiger partial charge in [0.2, 0.25) is 0 Å². The molecule has 37 heavy (non-hydrogen) atoms. The molecule has 0 radical (unpaired) electrons. The van der Waals surface area contributed by atoms with E-state index >= 15 is 0 Å². The van der Waals surface area contributed by atoms with E-state index in [1.165, 1.54) is 6.08 Å². The Hall–Kier alpha value is -3.45. The molecule has 0 aliphatic rings. The molecule has 1 aromatic heterocycles. The quantitative estimate of drug-likeness (QED) is 0.126. The topological polar surface area (TPSA) is 53.8 Å². The standard InChI is InChI=1S/C30H26Cl2N2O.C2H6/c1-4-23(26-16-17-28(31)34-27(26)19-33)29(22-14-12-21(13-15-22)10-8-18-35)24(5-2)30(32)25-11-7-6-9-20(25)3;1-2/h6-18H,4-5H2,1-3H3;1-2H3/b10-8+,29-23+,30-24-;. The van der Waals surface area contributed by atoms with E-state index in [0.29, 0.717) is 17.9 Å². The van der Waals surface area contributed by atoms with Gasteiger partial charge < -0.3 is 0 Å². The number of benzene rings is 2. The van der Waals surface area contributed by atoms with Crippen LogP contribution in [0.3, 0.4) is 0 Å². The molecule has 0 saturated heterocycles. The SMILES string of the molecule is CC.CCC(=C(/Cl)c1ccccc1C)/C(=C(\CC)c1ccc(Cl)nc1C#N)c1ccc(/C=C/C=O)cc1. The third-order valence-corrected chi connectivity index (χ3v) is 6.46. The second-order valence-electron chi connectivity index (χ2n) is 7.93. The van der Waals surface area contributed by atoms with Crippen molar-refractivity contribution in [3.8, 4) is 6.07 Å². The van der Waals surface area contributed by atoms with Crippen molar-refractivity contribution in [2.45, 2.75) is 47.5 Å². The van der Waals surface area contributed by atoms with E-state index in [2.05, 4.69) is 24.9 Å². The Balaban J connectivity index is 0.00000235. The van der Waals surface area contributed by atoms with Crippen molar-refractivity contribution in [3.63, 3.8) is 0 Å². The summed E-state index contributed by atoms with van der Waals surface area (Å²) in [5.74, 6) is 0. The average Bonchev–Trinajstić information content (AvgIpc) is 2.94. The number of pyridine rings is 1. The number of nitrogens with zero attached hydrogens (tertiary/aromatic N) is 2. The van der Waals surface area contributed by atoms with Crippen molar-refractivity contribution in [2.75, 3.05) is 0 Å². The number of allylic oxidation sites excluding steroid dienone is 4. The Bertz CT molecular complexity index is 1360. The summed E-state index contributed by atoms with van der Waals surface area (Å²) < 4.78 is 0. The molecule has 0 N–H and O–H groups in total. The highest BCUT2D eigenvalue weighted by Gasteiger charge is 2.21. The van der Waals surface area contributed by atoms with Crippen LogP contribution in [0.25, 0.3) is 22.3 Å². The molecule has 1 heterocycles. The summed E-state index contributed by atoms with van der Waals surface area (Å²) in [5, 5.41) is 10.8. The van der Waals surface area contributed by atoms with E-state index in [1.807, 2.05) is 75.4 Å². The van der Waals surface area contributed by atoms with Crippen LogP contribution in [-0.2, 0) is 4.79 Å². The minimum absolute atomic E-state index is 0.276. The number of hydrogen-bond acceptors (Lipinski definition) is 3. The summed E-state index contributed by atoms with van der Waals surface area (Å²) in [5.41, 5.74) is 7.86. The van der Waals surface area contributed by atoms with Crippen LogP contribution >= 0.6 is 23.2 Å². The molecule has 0 unspecified atom stereocenters. The highest BCUT2D eigenvalue weighted by molar-refractivity contribution is 6.50. The van der Waals surface area contributed by atoms with Gasteiger partial charge in [0, 0.05) is 5.56 Å². The molecule has 0 spiro atoms. The summed E-state index contributed by atoms with van der Waals surface area (Å²) in [4.78, 5) is 15.0. The van der Waals surface area contributed by atoms with Crippen LogP contribution < -0.4 is 0 Å². The first-order valence-corrected chi connectivity index (χ1v) is 13.2. The second-order valence-corrected chi connectivity index (χ2v) is 8.69. The van der Waals surface area contributed by atoms with Crippen LogP contribution in [0.5, 0.6) is 0 Å². The third-order valence-electron chi connectivity index (χ3n) is 5.82. The number of aryl methyl sites for hydroxylation is 1. The first-order valence-electron chi connectivity index (χ1n) is 12.4. The van der Waals surface area contributed by atoms with Gasteiger partial charge in [-0.25, -0.2) is 4.98 Å². The molecule has 190 valence electrons. The fourth-order valence-corrected chi connectivity index (χ4v) is 4.72. The number of rotatable bonds is 8. The number of carbonyl (C=O) groups is 1. The van der Waals surface area contributed by atoms with Gasteiger partial charge >= 0.3 is 0 Å². The fourth-order valence-electron chi connectivity index (χ4n) is 4.13. The van der Waals surface area contributed by atoms with Gasteiger partial charge in [-0.05, 0) is 76.9 Å². The molecule has 0 aliphatic heterocycles. The van der Waals surface area contributed by atoms with Gasteiger partial charge in [0.1, 0.15) is 23.2 Å². The second kappa shape index (κ2) is 15.0. The molecule has 0 aliphatic carbocycles. The van der Waals surface area contributed by atoms with E-state index in [1.54, 1.807) is 12.1 Å². The van der Waals surface area contributed by atoms with Gasteiger partial charge in [-0.15, -0.1) is 0 Å². The van der Waals surface area contributed by atoms with Crippen LogP contribution in [0, 0.1) is 18.3 Å². The molecule has 0 atom stereocenters. The summed E-state index contributed by atoms with van der Waals surface area (Å²) in [6, 6.07) is 21.7. The average molecular weight is 532 g/mol. The maximum Gasteiger partial charge on any atom is 0.149 e. The highest BCUT2D eigenvalue weighted by Crippen LogP contribution is 2.42. The lowest BCUT2D eigenvalue weighted by atomic mass is 9.85. The number of aldehydes is 1. The van der Waals surface area contributed by atoms with Crippen molar-refractivity contribution in [1.82, 2.24) is 4.98 Å². The van der Waals surface area contributed by atoms with E-state index in [9.17, 15) is 10.1 Å². The number of carbonyl (C=O) groups excluding carboxylic acids is 1. The molecule has 3 rings (SSSR count). The van der Waals surface area contributed by atoms with Crippen LogP contribution in [0.15, 0.2) is 72.3 Å². The van der Waals surface area contributed by atoms with Crippen LogP contribution in [0.1, 0.15) is 74.0 Å². The van der Waals surface area contributed by atoms with Crippen molar-refractivity contribution in [3.05, 3.63) is 111 Å². The van der Waals surface area contributed by atoms with E-state index in [4.69, 9.17) is 23.2 Å². The summed E-state index contributed by atoms with van der Waals surface area (Å²) in [7, 11) is 0. The molecule has 5 heteroatoms. The van der Waals surface area contributed by atoms with Crippen molar-refractivity contribution in [2.24, 2.45) is 0 Å². The number of hydrogen-bond donors (Lipinski definition) is 0. The molecule has 0 bridgehead atoms. The zero-order valence-electron chi connectivity index (χ0n) is 22.0. The Kier molecular flexibility index (Phi) is 12.0. The number of halogens is 2. The minimum atomic E-state index is 0.276. The predicted molar refractivity (Wildman–Crippen MR) is 158 cm³/mol. The van der Waals surface area contributed by atoms with Crippen molar-refractivity contribution < 1.29 is 4.79 Å². The lowest BCUT2D eigenvalue weighted by Crippen LogP contribution is -2.01. The molecule has 3 aromatic rings. The van der Waals surface area contributed by atoms with Crippen LogP contribution in [0.2, 0.25) is 5.15 Å². The van der Waals surface area contributed by atoms with Gasteiger partial charge in [-0.3, -0.25) is 4.79 Å². The molecular formula is C32H32Cl2N2O. The first kappa shape index (κ1) is 29.8. The van der Waals surface area contributed by atoms with Crippen molar-refractivity contribution in [1.29, 1.82) is 5.26 Å². The van der Waals surface area contributed by atoms with Gasteiger partial charge in [0.05, 0.1) is 5.03 Å². The van der Waals surface area contributed by atoms with Crippen LogP contribution in [0.4, 0.5) is 0 Å². The molecule has 2 aromatic carbocycles. The van der Waals surface area contributed by atoms with Gasteiger partial charge in [-0.2, -0.15) is 5.26 Å². The largest absolute Gasteiger partial charge is 0.299 e. The van der Waals surface area contributed by atoms with Crippen LogP contribution in [-0.4, -0.2) is 11.3 Å². The Morgan fingerprint density at radius 2 is 1.65 bits per heavy atom. The molecule has 3 nitrogen and oxygen atoms in total. The summed E-state index contributed by atoms with van der Waals surface area (Å²) in [6.07, 6.45) is 5.32. The number of nitriles is 1. The monoisotopic (exact) mass is 530 g/mol. The molecule has 0 amide bonds. The Labute approximate surface area is 230 Å². The predicted octanol–water partition coefficient (Wildman–Crippen LogP) is 9.53. The van der Waals surface area contributed by atoms with E-state index in [0.717, 1.165) is 50.8 Å².